The zero-order chi connectivity index (χ0) is 20.3. The van der Waals surface area contributed by atoms with E-state index in [1.807, 2.05) is 24.3 Å². The van der Waals surface area contributed by atoms with Crippen LogP contribution in [0.4, 0.5) is 5.69 Å². The molecule has 8 heteroatoms. The second kappa shape index (κ2) is 8.09. The van der Waals surface area contributed by atoms with Crippen molar-refractivity contribution in [2.45, 2.75) is 18.0 Å². The molecule has 6 nitrogen and oxygen atoms in total. The Morgan fingerprint density at radius 2 is 2.14 bits per heavy atom. The van der Waals surface area contributed by atoms with Crippen molar-refractivity contribution in [1.29, 1.82) is 5.26 Å². The van der Waals surface area contributed by atoms with Crippen molar-refractivity contribution in [2.75, 3.05) is 25.0 Å². The molecule has 2 atom stereocenters. The Hall–Kier alpha value is -2.76. The Bertz CT molecular complexity index is 893. The molecule has 1 saturated heterocycles. The number of carbonyl (C=O) groups excluding carboxylic acids is 1. The van der Waals surface area contributed by atoms with E-state index in [1.54, 1.807) is 22.0 Å². The highest BCUT2D eigenvalue weighted by Crippen LogP contribution is 2.48. The third-order valence-corrected chi connectivity index (χ3v) is 5.80. The van der Waals surface area contributed by atoms with Gasteiger partial charge in [0, 0.05) is 37.3 Å². The molecule has 2 aliphatic heterocycles. The number of thiocarbonyl (C=S) groups is 2. The SMILES string of the molecule is C=CCNC(=S)CCN1C(=S)N(CC=C)C2(C(=O)Nc3ccccc32)C1C#N. The monoisotopic (exact) mass is 411 g/mol. The number of benzene rings is 1. The van der Waals surface area contributed by atoms with Gasteiger partial charge >= 0.3 is 0 Å². The number of amides is 1. The van der Waals surface area contributed by atoms with Crippen molar-refractivity contribution in [3.8, 4) is 6.07 Å². The van der Waals surface area contributed by atoms with E-state index in [4.69, 9.17) is 24.4 Å². The predicted molar refractivity (Wildman–Crippen MR) is 118 cm³/mol. The van der Waals surface area contributed by atoms with Crippen LogP contribution in [-0.4, -0.2) is 51.5 Å². The lowest BCUT2D eigenvalue weighted by molar-refractivity contribution is -0.125. The molecule has 1 fully saturated rings. The van der Waals surface area contributed by atoms with Gasteiger partial charge < -0.3 is 20.4 Å². The molecule has 28 heavy (non-hydrogen) atoms. The van der Waals surface area contributed by atoms with Gasteiger partial charge in [0.25, 0.3) is 5.91 Å². The van der Waals surface area contributed by atoms with E-state index in [1.165, 1.54) is 0 Å². The first kappa shape index (κ1) is 20.0. The quantitative estimate of drug-likeness (QED) is 0.527. The van der Waals surface area contributed by atoms with Crippen molar-refractivity contribution in [3.05, 3.63) is 55.1 Å². The first-order chi connectivity index (χ1) is 13.5. The van der Waals surface area contributed by atoms with Gasteiger partial charge in [0.05, 0.1) is 11.1 Å². The van der Waals surface area contributed by atoms with E-state index in [2.05, 4.69) is 29.9 Å². The third kappa shape index (κ3) is 2.97. The fraction of sp³-hybridized carbons (Fsp3) is 0.300. The zero-order valence-corrected chi connectivity index (χ0v) is 17.0. The lowest BCUT2D eigenvalue weighted by atomic mass is 9.83. The molecule has 2 unspecified atom stereocenters. The van der Waals surface area contributed by atoms with E-state index in [-0.39, 0.29) is 5.91 Å². The molecular weight excluding hydrogens is 390 g/mol. The number of hydrogen-bond acceptors (Lipinski definition) is 4. The van der Waals surface area contributed by atoms with Crippen LogP contribution in [0, 0.1) is 11.3 Å². The number of carbonyl (C=O) groups is 1. The Morgan fingerprint density at radius 3 is 2.82 bits per heavy atom. The van der Waals surface area contributed by atoms with Gasteiger partial charge in [-0.25, -0.2) is 0 Å². The summed E-state index contributed by atoms with van der Waals surface area (Å²) >= 11 is 11.0. The van der Waals surface area contributed by atoms with E-state index in [0.29, 0.717) is 41.8 Å². The van der Waals surface area contributed by atoms with E-state index < -0.39 is 11.6 Å². The van der Waals surface area contributed by atoms with E-state index in [9.17, 15) is 10.1 Å². The normalized spacial score (nSPS) is 22.6. The topological polar surface area (TPSA) is 71.4 Å². The number of nitriles is 1. The van der Waals surface area contributed by atoms with Crippen molar-refractivity contribution >= 4 is 46.1 Å². The summed E-state index contributed by atoms with van der Waals surface area (Å²) < 4.78 is 0. The summed E-state index contributed by atoms with van der Waals surface area (Å²) in [6, 6.07) is 8.98. The summed E-state index contributed by atoms with van der Waals surface area (Å²) in [6.07, 6.45) is 3.94. The summed E-state index contributed by atoms with van der Waals surface area (Å²) in [5.41, 5.74) is 0.257. The minimum Gasteiger partial charge on any atom is -0.376 e. The van der Waals surface area contributed by atoms with Crippen molar-refractivity contribution in [3.63, 3.8) is 0 Å². The number of fused-ring (bicyclic) bond motifs is 2. The number of nitrogens with zero attached hydrogens (tertiary/aromatic N) is 3. The first-order valence-electron chi connectivity index (χ1n) is 8.89. The molecule has 0 aromatic heterocycles. The minimum absolute atomic E-state index is 0.251. The van der Waals surface area contributed by atoms with E-state index >= 15 is 0 Å². The molecule has 1 aromatic carbocycles. The highest BCUT2D eigenvalue weighted by atomic mass is 32.1. The molecule has 0 radical (unpaired) electrons. The Labute approximate surface area is 175 Å². The van der Waals surface area contributed by atoms with Crippen LogP contribution in [0.3, 0.4) is 0 Å². The number of anilines is 1. The largest absolute Gasteiger partial charge is 0.376 e. The van der Waals surface area contributed by atoms with Gasteiger partial charge in [-0.15, -0.1) is 13.2 Å². The van der Waals surface area contributed by atoms with Crippen LogP contribution in [0.2, 0.25) is 0 Å². The lowest BCUT2D eigenvalue weighted by Crippen LogP contribution is -2.53. The summed E-state index contributed by atoms with van der Waals surface area (Å²) in [5.74, 6) is -0.251. The average molecular weight is 412 g/mol. The summed E-state index contributed by atoms with van der Waals surface area (Å²) in [6.45, 7) is 8.83. The van der Waals surface area contributed by atoms with Crippen LogP contribution >= 0.6 is 24.4 Å². The van der Waals surface area contributed by atoms with Crippen molar-refractivity contribution < 1.29 is 4.79 Å². The molecule has 0 bridgehead atoms. The first-order valence-corrected chi connectivity index (χ1v) is 9.71. The van der Waals surface area contributed by atoms with Crippen molar-refractivity contribution in [1.82, 2.24) is 15.1 Å². The van der Waals surface area contributed by atoms with Crippen LogP contribution in [0.5, 0.6) is 0 Å². The van der Waals surface area contributed by atoms with Gasteiger partial charge in [-0.2, -0.15) is 5.26 Å². The number of rotatable bonds is 7. The Balaban J connectivity index is 2.00. The number of hydrogen-bond donors (Lipinski definition) is 2. The molecule has 0 saturated carbocycles. The maximum Gasteiger partial charge on any atom is 0.258 e. The minimum atomic E-state index is -1.20. The smallest absolute Gasteiger partial charge is 0.258 e. The second-order valence-corrected chi connectivity index (χ2v) is 7.37. The molecule has 2 N–H and O–H groups in total. The van der Waals surface area contributed by atoms with Gasteiger partial charge in [0.15, 0.2) is 16.7 Å². The zero-order valence-electron chi connectivity index (χ0n) is 15.4. The van der Waals surface area contributed by atoms with Crippen LogP contribution < -0.4 is 10.6 Å². The summed E-state index contributed by atoms with van der Waals surface area (Å²) in [5, 5.41) is 16.5. The molecular formula is C20H21N5OS2. The van der Waals surface area contributed by atoms with Crippen LogP contribution in [0.1, 0.15) is 12.0 Å². The van der Waals surface area contributed by atoms with Gasteiger partial charge in [-0.05, 0) is 18.3 Å². The summed E-state index contributed by atoms with van der Waals surface area (Å²) in [4.78, 5) is 17.5. The molecule has 2 heterocycles. The standard InChI is InChI=1S/C20H21N5OS2/c1-3-10-22-17(27)9-12-24-16(13-21)20(25(11-4-2)19(24)28)14-7-5-6-8-15(14)23-18(20)26/h3-8,16H,1-2,9-12H2,(H,22,27)(H,23,26). The molecule has 3 rings (SSSR count). The summed E-state index contributed by atoms with van der Waals surface area (Å²) in [7, 11) is 0. The maximum atomic E-state index is 13.2. The molecule has 0 aliphatic carbocycles. The fourth-order valence-corrected chi connectivity index (χ4v) is 4.42. The third-order valence-electron chi connectivity index (χ3n) is 5.00. The van der Waals surface area contributed by atoms with Gasteiger partial charge in [0.1, 0.15) is 0 Å². The van der Waals surface area contributed by atoms with Crippen molar-refractivity contribution in [2.24, 2.45) is 0 Å². The molecule has 1 aromatic rings. The van der Waals surface area contributed by atoms with Crippen LogP contribution in [0.25, 0.3) is 0 Å². The molecule has 1 amide bonds. The molecule has 2 aliphatic rings. The lowest BCUT2D eigenvalue weighted by Gasteiger charge is -2.33. The predicted octanol–water partition coefficient (Wildman–Crippen LogP) is 2.31. The van der Waals surface area contributed by atoms with Crippen LogP contribution in [-0.2, 0) is 10.3 Å². The highest BCUT2D eigenvalue weighted by molar-refractivity contribution is 7.80. The fourth-order valence-electron chi connectivity index (χ4n) is 3.83. The average Bonchev–Trinajstić information content (AvgIpc) is 3.12. The Morgan fingerprint density at radius 1 is 1.39 bits per heavy atom. The van der Waals surface area contributed by atoms with Gasteiger partial charge in [-0.1, -0.05) is 42.6 Å². The van der Waals surface area contributed by atoms with E-state index in [0.717, 1.165) is 5.56 Å². The second-order valence-electron chi connectivity index (χ2n) is 6.52. The number of nitrogens with one attached hydrogen (secondary N) is 2. The van der Waals surface area contributed by atoms with Gasteiger partial charge in [0.2, 0.25) is 0 Å². The molecule has 144 valence electrons. The molecule has 1 spiro atoms. The maximum absolute atomic E-state index is 13.2. The van der Waals surface area contributed by atoms with Gasteiger partial charge in [-0.3, -0.25) is 4.79 Å². The van der Waals surface area contributed by atoms with Crippen LogP contribution in [0.15, 0.2) is 49.6 Å². The Kier molecular flexibility index (Phi) is 5.77. The highest BCUT2D eigenvalue weighted by Gasteiger charge is 2.64. The number of para-hydroxylation sites is 1.